The molecule has 3 aliphatic rings. The second-order valence-electron chi connectivity index (χ2n) is 8.86. The first-order valence-electron chi connectivity index (χ1n) is 10.5. The minimum atomic E-state index is -0.393. The Morgan fingerprint density at radius 3 is 2.58 bits per heavy atom. The number of aryl methyl sites for hydroxylation is 1. The lowest BCUT2D eigenvalue weighted by Gasteiger charge is -2.28. The molecular weight excluding hydrogens is 480 g/mol. The van der Waals surface area contributed by atoms with Gasteiger partial charge in [-0.15, -0.1) is 0 Å². The zero-order chi connectivity index (χ0) is 21.9. The second-order valence-corrected chi connectivity index (χ2v) is 10.1. The molecule has 2 saturated carbocycles. The van der Waals surface area contributed by atoms with E-state index in [-0.39, 0.29) is 42.0 Å². The van der Waals surface area contributed by atoms with Gasteiger partial charge in [0.15, 0.2) is 0 Å². The van der Waals surface area contributed by atoms with Gasteiger partial charge in [0.25, 0.3) is 0 Å². The molecule has 2 aliphatic carbocycles. The van der Waals surface area contributed by atoms with Gasteiger partial charge in [0.05, 0.1) is 16.9 Å². The smallest absolute Gasteiger partial charge is 0.244 e. The molecule has 0 spiro atoms. The molecule has 0 aromatic heterocycles. The highest BCUT2D eigenvalue weighted by atomic mass is 79.9. The van der Waals surface area contributed by atoms with E-state index >= 15 is 0 Å². The SMILES string of the molecule is Cc1cc(Br)c(Cl)cc1NC(=O)CN1C(=O)[C@@H]2[C@H]3C[C@@H]([C@@H]2C1=O)[C@@H](c1ccccc1)C3. The molecule has 0 unspecified atom stereocenters. The Hall–Kier alpha value is -2.18. The third-order valence-electron chi connectivity index (χ3n) is 7.18. The first-order valence-corrected chi connectivity index (χ1v) is 11.7. The number of hydrogen-bond donors (Lipinski definition) is 1. The van der Waals surface area contributed by atoms with Crippen LogP contribution in [0.1, 0.15) is 29.9 Å². The molecule has 3 amide bonds. The highest BCUT2D eigenvalue weighted by Gasteiger charge is 2.63. The van der Waals surface area contributed by atoms with Crippen LogP contribution in [0.4, 0.5) is 5.69 Å². The zero-order valence-electron chi connectivity index (χ0n) is 17.0. The molecule has 5 atom stereocenters. The predicted octanol–water partition coefficient (Wildman–Crippen LogP) is 4.77. The number of likely N-dealkylation sites (tertiary alicyclic amines) is 1. The van der Waals surface area contributed by atoms with E-state index in [4.69, 9.17) is 11.6 Å². The fourth-order valence-electron chi connectivity index (χ4n) is 5.87. The fraction of sp³-hybridized carbons (Fsp3) is 0.375. The largest absolute Gasteiger partial charge is 0.324 e. The highest BCUT2D eigenvalue weighted by Crippen LogP contribution is 2.61. The quantitative estimate of drug-likeness (QED) is 0.614. The number of imide groups is 1. The summed E-state index contributed by atoms with van der Waals surface area (Å²) in [6.07, 6.45) is 1.86. The molecule has 1 N–H and O–H groups in total. The van der Waals surface area contributed by atoms with E-state index < -0.39 is 5.91 Å². The number of hydrogen-bond acceptors (Lipinski definition) is 3. The maximum atomic E-state index is 13.2. The van der Waals surface area contributed by atoms with Crippen molar-refractivity contribution < 1.29 is 14.4 Å². The van der Waals surface area contributed by atoms with E-state index in [1.54, 1.807) is 6.07 Å². The van der Waals surface area contributed by atoms with Crippen LogP contribution >= 0.6 is 27.5 Å². The summed E-state index contributed by atoms with van der Waals surface area (Å²) in [5.74, 6) is -0.631. The number of carbonyl (C=O) groups excluding carboxylic acids is 3. The monoisotopic (exact) mass is 500 g/mol. The molecular formula is C24H22BrClN2O3. The molecule has 1 aliphatic heterocycles. The third kappa shape index (κ3) is 3.40. The van der Waals surface area contributed by atoms with E-state index in [1.165, 1.54) is 10.5 Å². The standard InChI is InChI=1S/C24H22BrClN2O3/c1-12-7-17(25)18(26)10-19(12)27-20(29)11-28-23(30)21-14-8-15(13-5-3-2-4-6-13)16(9-14)22(21)24(28)31/h2-7,10,14-16,21-22H,8-9,11H2,1H3,(H,27,29)/t14-,15-,16-,21-,22+/m1/s1. The average molecular weight is 502 g/mol. The molecule has 5 rings (SSSR count). The number of carbonyl (C=O) groups is 3. The summed E-state index contributed by atoms with van der Waals surface area (Å²) >= 11 is 9.49. The van der Waals surface area contributed by atoms with E-state index in [9.17, 15) is 14.4 Å². The van der Waals surface area contributed by atoms with Gasteiger partial charge in [0.2, 0.25) is 17.7 Å². The Morgan fingerprint density at radius 2 is 1.84 bits per heavy atom. The fourth-order valence-corrected chi connectivity index (χ4v) is 6.50. The van der Waals surface area contributed by atoms with Crippen molar-refractivity contribution in [3.8, 4) is 0 Å². The van der Waals surface area contributed by atoms with Crippen LogP contribution in [0.5, 0.6) is 0 Å². The van der Waals surface area contributed by atoms with Gasteiger partial charge in [-0.3, -0.25) is 19.3 Å². The van der Waals surface area contributed by atoms with E-state index in [1.807, 2.05) is 31.2 Å². The first kappa shape index (κ1) is 20.7. The van der Waals surface area contributed by atoms with E-state index in [0.29, 0.717) is 16.6 Å². The summed E-state index contributed by atoms with van der Waals surface area (Å²) in [5, 5.41) is 3.27. The van der Waals surface area contributed by atoms with Crippen LogP contribution < -0.4 is 5.32 Å². The molecule has 1 saturated heterocycles. The van der Waals surface area contributed by atoms with Crippen molar-refractivity contribution in [3.63, 3.8) is 0 Å². The summed E-state index contributed by atoms with van der Waals surface area (Å²) in [7, 11) is 0. The lowest BCUT2D eigenvalue weighted by atomic mass is 9.73. The van der Waals surface area contributed by atoms with Gasteiger partial charge in [-0.05, 0) is 76.7 Å². The topological polar surface area (TPSA) is 66.5 Å². The molecule has 160 valence electrons. The number of anilines is 1. The predicted molar refractivity (Wildman–Crippen MR) is 122 cm³/mol. The number of nitrogens with one attached hydrogen (secondary N) is 1. The zero-order valence-corrected chi connectivity index (χ0v) is 19.3. The summed E-state index contributed by atoms with van der Waals surface area (Å²) in [4.78, 5) is 40.2. The van der Waals surface area contributed by atoms with E-state index in [0.717, 1.165) is 22.9 Å². The van der Waals surface area contributed by atoms with E-state index in [2.05, 4.69) is 33.4 Å². The number of amides is 3. The Morgan fingerprint density at radius 1 is 1.13 bits per heavy atom. The molecule has 31 heavy (non-hydrogen) atoms. The second kappa shape index (κ2) is 7.75. The maximum absolute atomic E-state index is 13.2. The summed E-state index contributed by atoms with van der Waals surface area (Å²) < 4.78 is 0.742. The number of rotatable bonds is 4. The molecule has 2 bridgehead atoms. The van der Waals surface area contributed by atoms with Gasteiger partial charge in [-0.1, -0.05) is 41.9 Å². The molecule has 5 nitrogen and oxygen atoms in total. The van der Waals surface area contributed by atoms with Crippen molar-refractivity contribution in [2.75, 3.05) is 11.9 Å². The number of nitrogens with zero attached hydrogens (tertiary/aromatic N) is 1. The molecule has 3 fully saturated rings. The molecule has 2 aromatic carbocycles. The van der Waals surface area contributed by atoms with Crippen LogP contribution in [-0.2, 0) is 14.4 Å². The Labute approximate surface area is 194 Å². The lowest BCUT2D eigenvalue weighted by Crippen LogP contribution is -2.39. The Kier molecular flexibility index (Phi) is 5.18. The molecule has 2 aromatic rings. The Balaban J connectivity index is 1.32. The van der Waals surface area contributed by atoms with Gasteiger partial charge in [0.1, 0.15) is 6.54 Å². The molecule has 7 heteroatoms. The van der Waals surface area contributed by atoms with Crippen LogP contribution in [0.15, 0.2) is 46.9 Å². The van der Waals surface area contributed by atoms with Gasteiger partial charge in [-0.2, -0.15) is 0 Å². The summed E-state index contributed by atoms with van der Waals surface area (Å²) in [5.41, 5.74) is 2.65. The van der Waals surface area contributed by atoms with Crippen LogP contribution in [0.25, 0.3) is 0 Å². The Bertz CT molecular complexity index is 1090. The van der Waals surface area contributed by atoms with Crippen molar-refractivity contribution in [2.24, 2.45) is 23.7 Å². The van der Waals surface area contributed by atoms with Crippen LogP contribution in [0.3, 0.4) is 0 Å². The number of fused-ring (bicyclic) bond motifs is 5. The summed E-state index contributed by atoms with van der Waals surface area (Å²) in [6.45, 7) is 1.60. The van der Waals surface area contributed by atoms with Crippen LogP contribution in [-0.4, -0.2) is 29.2 Å². The van der Waals surface area contributed by atoms with Crippen molar-refractivity contribution in [1.29, 1.82) is 0 Å². The summed E-state index contributed by atoms with van der Waals surface area (Å²) in [6, 6.07) is 13.7. The minimum Gasteiger partial charge on any atom is -0.324 e. The van der Waals surface area contributed by atoms with Crippen LogP contribution in [0, 0.1) is 30.6 Å². The number of halogens is 2. The number of benzene rings is 2. The molecule has 0 radical (unpaired) electrons. The van der Waals surface area contributed by atoms with Gasteiger partial charge in [0, 0.05) is 10.2 Å². The normalized spacial score (nSPS) is 28.9. The average Bonchev–Trinajstić information content (AvgIpc) is 3.40. The third-order valence-corrected chi connectivity index (χ3v) is 8.37. The van der Waals surface area contributed by atoms with Gasteiger partial charge < -0.3 is 5.32 Å². The van der Waals surface area contributed by atoms with Crippen molar-refractivity contribution in [1.82, 2.24) is 4.90 Å². The molecule has 1 heterocycles. The van der Waals surface area contributed by atoms with Gasteiger partial charge >= 0.3 is 0 Å². The lowest BCUT2D eigenvalue weighted by molar-refractivity contribution is -0.143. The van der Waals surface area contributed by atoms with Gasteiger partial charge in [-0.25, -0.2) is 0 Å². The van der Waals surface area contributed by atoms with Crippen molar-refractivity contribution >= 4 is 50.9 Å². The van der Waals surface area contributed by atoms with Crippen molar-refractivity contribution in [3.05, 3.63) is 63.1 Å². The van der Waals surface area contributed by atoms with Crippen molar-refractivity contribution in [2.45, 2.75) is 25.7 Å². The first-order chi connectivity index (χ1) is 14.8. The van der Waals surface area contributed by atoms with Crippen LogP contribution in [0.2, 0.25) is 5.02 Å². The highest BCUT2D eigenvalue weighted by molar-refractivity contribution is 9.10. The maximum Gasteiger partial charge on any atom is 0.244 e. The minimum absolute atomic E-state index is 0.175.